The van der Waals surface area contributed by atoms with E-state index in [0.29, 0.717) is 5.25 Å². The molecule has 1 aromatic heterocycles. The van der Waals surface area contributed by atoms with Gasteiger partial charge in [-0.1, -0.05) is 6.92 Å². The summed E-state index contributed by atoms with van der Waals surface area (Å²) >= 11 is 1.84. The van der Waals surface area contributed by atoms with Crippen molar-refractivity contribution < 1.29 is 0 Å². The van der Waals surface area contributed by atoms with E-state index in [9.17, 15) is 0 Å². The molecule has 0 amide bonds. The molecule has 0 aliphatic rings. The molecule has 3 heteroatoms. The highest BCUT2D eigenvalue weighted by Gasteiger charge is 2.12. The molecule has 1 aromatic rings. The van der Waals surface area contributed by atoms with Gasteiger partial charge >= 0.3 is 0 Å². The molecule has 1 N–H and O–H groups in total. The number of thioether (sulfide) groups is 1. The molecule has 0 fully saturated rings. The van der Waals surface area contributed by atoms with Crippen LogP contribution >= 0.6 is 11.8 Å². The van der Waals surface area contributed by atoms with Crippen molar-refractivity contribution in [3.8, 4) is 0 Å². The minimum atomic E-state index is 0.185. The van der Waals surface area contributed by atoms with Crippen LogP contribution in [0.25, 0.3) is 0 Å². The van der Waals surface area contributed by atoms with Crippen molar-refractivity contribution in [3.05, 3.63) is 23.4 Å². The van der Waals surface area contributed by atoms with Gasteiger partial charge < -0.3 is 5.32 Å². The monoisotopic (exact) mass is 252 g/mol. The lowest BCUT2D eigenvalue weighted by Crippen LogP contribution is -2.39. The van der Waals surface area contributed by atoms with Crippen molar-refractivity contribution in [2.24, 2.45) is 0 Å². The van der Waals surface area contributed by atoms with Crippen molar-refractivity contribution in [2.75, 3.05) is 6.54 Å². The fraction of sp³-hybridized carbons (Fsp3) is 0.643. The SMILES string of the molecule is Cc1cc(C)nc(SC(C)CNC(C)(C)C)c1. The molecule has 0 radical (unpaired) electrons. The summed E-state index contributed by atoms with van der Waals surface area (Å²) in [6, 6.07) is 4.27. The molecule has 0 aliphatic carbocycles. The highest BCUT2D eigenvalue weighted by Crippen LogP contribution is 2.22. The summed E-state index contributed by atoms with van der Waals surface area (Å²) in [6.45, 7) is 14.0. The van der Waals surface area contributed by atoms with Crippen LogP contribution in [0.15, 0.2) is 17.2 Å². The normalized spacial score (nSPS) is 13.8. The van der Waals surface area contributed by atoms with Gasteiger partial charge in [-0.3, -0.25) is 0 Å². The molecule has 96 valence electrons. The first-order valence-corrected chi connectivity index (χ1v) is 7.01. The van der Waals surface area contributed by atoms with E-state index in [1.54, 1.807) is 0 Å². The minimum Gasteiger partial charge on any atom is -0.311 e. The average molecular weight is 252 g/mol. The molecule has 0 bridgehead atoms. The number of hydrogen-bond donors (Lipinski definition) is 1. The van der Waals surface area contributed by atoms with Crippen LogP contribution in [0.2, 0.25) is 0 Å². The first-order chi connectivity index (χ1) is 7.76. The number of aryl methyl sites for hydroxylation is 2. The zero-order valence-electron chi connectivity index (χ0n) is 11.8. The predicted molar refractivity (Wildman–Crippen MR) is 76.8 cm³/mol. The molecular formula is C14H24N2S. The molecule has 1 atom stereocenters. The second-order valence-electron chi connectivity index (χ2n) is 5.68. The molecular weight excluding hydrogens is 228 g/mol. The molecule has 1 unspecified atom stereocenters. The lowest BCUT2D eigenvalue weighted by molar-refractivity contribution is 0.429. The second-order valence-corrected chi connectivity index (χ2v) is 7.14. The van der Waals surface area contributed by atoms with Crippen LogP contribution in [-0.4, -0.2) is 22.3 Å². The zero-order valence-corrected chi connectivity index (χ0v) is 12.6. The summed E-state index contributed by atoms with van der Waals surface area (Å²) in [7, 11) is 0. The summed E-state index contributed by atoms with van der Waals surface area (Å²) in [5.74, 6) is 0. The Bertz CT molecular complexity index is 349. The van der Waals surface area contributed by atoms with Gasteiger partial charge in [-0.05, 0) is 52.3 Å². The maximum Gasteiger partial charge on any atom is 0.0968 e. The lowest BCUT2D eigenvalue weighted by Gasteiger charge is -2.23. The van der Waals surface area contributed by atoms with Gasteiger partial charge in [0.05, 0.1) is 5.03 Å². The Kier molecular flexibility index (Phi) is 5.02. The van der Waals surface area contributed by atoms with Crippen molar-refractivity contribution in [1.82, 2.24) is 10.3 Å². The first kappa shape index (κ1) is 14.5. The summed E-state index contributed by atoms with van der Waals surface area (Å²) in [5, 5.41) is 5.18. The molecule has 0 aromatic carbocycles. The van der Waals surface area contributed by atoms with Gasteiger partial charge in [-0.25, -0.2) is 4.98 Å². The highest BCUT2D eigenvalue weighted by atomic mass is 32.2. The second kappa shape index (κ2) is 5.87. The molecule has 0 spiro atoms. The van der Waals surface area contributed by atoms with Crippen LogP contribution in [0, 0.1) is 13.8 Å². The Hall–Kier alpha value is -0.540. The van der Waals surface area contributed by atoms with Crippen LogP contribution in [0.1, 0.15) is 39.0 Å². The van der Waals surface area contributed by atoms with E-state index in [1.807, 2.05) is 11.8 Å². The molecule has 1 rings (SSSR count). The molecule has 17 heavy (non-hydrogen) atoms. The van der Waals surface area contributed by atoms with Gasteiger partial charge in [0.25, 0.3) is 0 Å². The Morgan fingerprint density at radius 2 is 1.94 bits per heavy atom. The fourth-order valence-electron chi connectivity index (χ4n) is 1.56. The summed E-state index contributed by atoms with van der Waals surface area (Å²) in [5.41, 5.74) is 2.57. The third-order valence-electron chi connectivity index (χ3n) is 2.32. The average Bonchev–Trinajstić information content (AvgIpc) is 2.11. The van der Waals surface area contributed by atoms with E-state index in [4.69, 9.17) is 0 Å². The van der Waals surface area contributed by atoms with Crippen molar-refractivity contribution >= 4 is 11.8 Å². The largest absolute Gasteiger partial charge is 0.311 e. The maximum atomic E-state index is 4.55. The van der Waals surface area contributed by atoms with Gasteiger partial charge in [-0.2, -0.15) is 0 Å². The van der Waals surface area contributed by atoms with Crippen LogP contribution in [0.3, 0.4) is 0 Å². The number of aromatic nitrogens is 1. The maximum absolute atomic E-state index is 4.55. The minimum absolute atomic E-state index is 0.185. The van der Waals surface area contributed by atoms with Crippen LogP contribution in [0.4, 0.5) is 0 Å². The van der Waals surface area contributed by atoms with E-state index in [0.717, 1.165) is 17.3 Å². The fourth-order valence-corrected chi connectivity index (χ4v) is 2.59. The topological polar surface area (TPSA) is 24.9 Å². The Morgan fingerprint density at radius 1 is 1.29 bits per heavy atom. The quantitative estimate of drug-likeness (QED) is 0.829. The van der Waals surface area contributed by atoms with Gasteiger partial charge in [0.15, 0.2) is 0 Å². The van der Waals surface area contributed by atoms with E-state index in [2.05, 4.69) is 64.0 Å². The third-order valence-corrected chi connectivity index (χ3v) is 3.34. The van der Waals surface area contributed by atoms with Crippen LogP contribution in [0.5, 0.6) is 0 Å². The van der Waals surface area contributed by atoms with Gasteiger partial charge in [-0.15, -0.1) is 11.8 Å². The van der Waals surface area contributed by atoms with Crippen molar-refractivity contribution in [3.63, 3.8) is 0 Å². The molecule has 0 saturated heterocycles. The number of pyridine rings is 1. The van der Waals surface area contributed by atoms with E-state index in [1.165, 1.54) is 5.56 Å². The number of rotatable bonds is 4. The molecule has 0 saturated carbocycles. The van der Waals surface area contributed by atoms with Crippen molar-refractivity contribution in [1.29, 1.82) is 0 Å². The standard InChI is InChI=1S/C14H24N2S/c1-10-7-11(2)16-13(8-10)17-12(3)9-15-14(4,5)6/h7-8,12,15H,9H2,1-6H3. The van der Waals surface area contributed by atoms with Gasteiger partial charge in [0.1, 0.15) is 0 Å². The van der Waals surface area contributed by atoms with E-state index in [-0.39, 0.29) is 5.54 Å². The van der Waals surface area contributed by atoms with Gasteiger partial charge in [0.2, 0.25) is 0 Å². The molecule has 2 nitrogen and oxygen atoms in total. The number of hydrogen-bond acceptors (Lipinski definition) is 3. The van der Waals surface area contributed by atoms with Crippen molar-refractivity contribution in [2.45, 2.75) is 57.4 Å². The predicted octanol–water partition coefficient (Wildman–Crippen LogP) is 3.57. The Labute approximate surface area is 110 Å². The van der Waals surface area contributed by atoms with E-state index >= 15 is 0 Å². The number of nitrogens with one attached hydrogen (secondary N) is 1. The summed E-state index contributed by atoms with van der Waals surface area (Å²) in [4.78, 5) is 4.55. The first-order valence-electron chi connectivity index (χ1n) is 6.13. The Morgan fingerprint density at radius 3 is 2.47 bits per heavy atom. The summed E-state index contributed by atoms with van der Waals surface area (Å²) < 4.78 is 0. The number of nitrogens with zero attached hydrogens (tertiary/aromatic N) is 1. The molecule has 0 aliphatic heterocycles. The Balaban J connectivity index is 2.53. The van der Waals surface area contributed by atoms with Crippen LogP contribution in [-0.2, 0) is 0 Å². The highest BCUT2D eigenvalue weighted by molar-refractivity contribution is 7.99. The lowest BCUT2D eigenvalue weighted by atomic mass is 10.1. The zero-order chi connectivity index (χ0) is 13.1. The van der Waals surface area contributed by atoms with Gasteiger partial charge in [0, 0.05) is 23.0 Å². The smallest absolute Gasteiger partial charge is 0.0968 e. The van der Waals surface area contributed by atoms with Crippen LogP contribution < -0.4 is 5.32 Å². The van der Waals surface area contributed by atoms with E-state index < -0.39 is 0 Å². The third kappa shape index (κ3) is 6.08. The summed E-state index contributed by atoms with van der Waals surface area (Å²) in [6.07, 6.45) is 0. The molecule has 1 heterocycles.